The van der Waals surface area contributed by atoms with E-state index in [1.165, 1.54) is 0 Å². The largest absolute Gasteiger partial charge is 0.481 e. The summed E-state index contributed by atoms with van der Waals surface area (Å²) >= 11 is 0. The van der Waals surface area contributed by atoms with Crippen molar-refractivity contribution in [1.82, 2.24) is 10.2 Å². The molecule has 0 aliphatic carbocycles. The Morgan fingerprint density at radius 2 is 1.89 bits per heavy atom. The van der Waals surface area contributed by atoms with Gasteiger partial charge in [-0.2, -0.15) is 0 Å². The second kappa shape index (κ2) is 7.53. The van der Waals surface area contributed by atoms with Crippen molar-refractivity contribution in [1.29, 1.82) is 0 Å². The second-order valence-corrected chi connectivity index (χ2v) is 4.67. The van der Waals surface area contributed by atoms with E-state index in [4.69, 9.17) is 5.11 Å². The van der Waals surface area contributed by atoms with Gasteiger partial charge >= 0.3 is 5.97 Å². The highest BCUT2D eigenvalue weighted by molar-refractivity contribution is 5.97. The lowest BCUT2D eigenvalue weighted by Gasteiger charge is -2.14. The second-order valence-electron chi connectivity index (χ2n) is 4.67. The molecule has 5 heteroatoms. The molecule has 1 aromatic carbocycles. The van der Waals surface area contributed by atoms with Crippen molar-refractivity contribution in [2.24, 2.45) is 5.92 Å². The van der Waals surface area contributed by atoms with Gasteiger partial charge in [0.25, 0.3) is 0 Å². The number of nitrogens with one attached hydrogen (secondary N) is 1. The molecule has 19 heavy (non-hydrogen) atoms. The zero-order valence-electron chi connectivity index (χ0n) is 11.3. The van der Waals surface area contributed by atoms with Gasteiger partial charge in [-0.15, -0.1) is 0 Å². The van der Waals surface area contributed by atoms with Crippen molar-refractivity contribution in [2.45, 2.75) is 6.42 Å². The first-order valence-electron chi connectivity index (χ1n) is 6.20. The molecule has 0 bridgehead atoms. The molecule has 104 valence electrons. The summed E-state index contributed by atoms with van der Waals surface area (Å²) in [5.74, 6) is -2.56. The Bertz CT molecular complexity index is 418. The van der Waals surface area contributed by atoms with Gasteiger partial charge in [0.15, 0.2) is 0 Å². The SMILES string of the molecule is CN(C)CCNC(=O)C(Cc1ccccc1)C(=O)O. The molecule has 0 aromatic heterocycles. The molecule has 2 N–H and O–H groups in total. The molecule has 0 aliphatic rings. The van der Waals surface area contributed by atoms with Gasteiger partial charge in [0.2, 0.25) is 5.91 Å². The van der Waals surface area contributed by atoms with E-state index in [1.807, 2.05) is 49.3 Å². The maximum atomic E-state index is 11.9. The Balaban J connectivity index is 2.57. The van der Waals surface area contributed by atoms with E-state index in [2.05, 4.69) is 5.32 Å². The predicted molar refractivity (Wildman–Crippen MR) is 72.8 cm³/mol. The molecule has 1 rings (SSSR count). The van der Waals surface area contributed by atoms with Crippen LogP contribution in [0.1, 0.15) is 5.56 Å². The van der Waals surface area contributed by atoms with E-state index in [9.17, 15) is 9.59 Å². The number of carbonyl (C=O) groups excluding carboxylic acids is 1. The molecule has 0 fully saturated rings. The van der Waals surface area contributed by atoms with E-state index in [1.54, 1.807) is 0 Å². The number of amides is 1. The minimum absolute atomic E-state index is 0.212. The van der Waals surface area contributed by atoms with Crippen LogP contribution in [0.15, 0.2) is 30.3 Å². The van der Waals surface area contributed by atoms with Gasteiger partial charge in [-0.05, 0) is 26.1 Å². The Hall–Kier alpha value is -1.88. The smallest absolute Gasteiger partial charge is 0.316 e. The summed E-state index contributed by atoms with van der Waals surface area (Å²) in [6, 6.07) is 9.17. The standard InChI is InChI=1S/C14H20N2O3/c1-16(2)9-8-15-13(17)12(14(18)19)10-11-6-4-3-5-7-11/h3-7,12H,8-10H2,1-2H3,(H,15,17)(H,18,19). The minimum atomic E-state index is -1.09. The van der Waals surface area contributed by atoms with Crippen LogP contribution < -0.4 is 5.32 Å². The van der Waals surface area contributed by atoms with E-state index >= 15 is 0 Å². The lowest BCUT2D eigenvalue weighted by atomic mass is 9.98. The number of benzene rings is 1. The first-order chi connectivity index (χ1) is 9.00. The zero-order valence-corrected chi connectivity index (χ0v) is 11.3. The molecule has 0 saturated heterocycles. The van der Waals surface area contributed by atoms with Crippen LogP contribution in [-0.2, 0) is 16.0 Å². The predicted octanol–water partition coefficient (Wildman–Crippen LogP) is 0.608. The van der Waals surface area contributed by atoms with Gasteiger partial charge in [0.1, 0.15) is 5.92 Å². The fourth-order valence-corrected chi connectivity index (χ4v) is 1.67. The van der Waals surface area contributed by atoms with E-state index < -0.39 is 17.8 Å². The van der Waals surface area contributed by atoms with Crippen molar-refractivity contribution >= 4 is 11.9 Å². The summed E-state index contributed by atoms with van der Waals surface area (Å²) in [6.07, 6.45) is 0.212. The maximum Gasteiger partial charge on any atom is 0.316 e. The highest BCUT2D eigenvalue weighted by Gasteiger charge is 2.26. The molecule has 0 radical (unpaired) electrons. The van der Waals surface area contributed by atoms with Crippen molar-refractivity contribution in [3.05, 3.63) is 35.9 Å². The van der Waals surface area contributed by atoms with Crippen LogP contribution in [0.25, 0.3) is 0 Å². The monoisotopic (exact) mass is 264 g/mol. The third-order valence-electron chi connectivity index (χ3n) is 2.76. The average molecular weight is 264 g/mol. The van der Waals surface area contributed by atoms with Crippen LogP contribution in [0.4, 0.5) is 0 Å². The van der Waals surface area contributed by atoms with Gasteiger partial charge in [-0.1, -0.05) is 30.3 Å². The Kier molecular flexibility index (Phi) is 6.02. The molecule has 5 nitrogen and oxygen atoms in total. The number of carboxylic acids is 1. The fraction of sp³-hybridized carbons (Fsp3) is 0.429. The Morgan fingerprint density at radius 3 is 2.42 bits per heavy atom. The Labute approximate surface area is 113 Å². The normalized spacial score (nSPS) is 12.2. The molecule has 1 unspecified atom stereocenters. The first kappa shape index (κ1) is 15.2. The Morgan fingerprint density at radius 1 is 1.26 bits per heavy atom. The van der Waals surface area contributed by atoms with Crippen LogP contribution in [0.3, 0.4) is 0 Å². The fourth-order valence-electron chi connectivity index (χ4n) is 1.67. The van der Waals surface area contributed by atoms with Crippen LogP contribution in [-0.4, -0.2) is 49.1 Å². The molecular weight excluding hydrogens is 244 g/mol. The number of carboxylic acid groups (broad SMARTS) is 1. The molecule has 1 amide bonds. The van der Waals surface area contributed by atoms with Crippen LogP contribution in [0, 0.1) is 5.92 Å². The van der Waals surface area contributed by atoms with Gasteiger partial charge in [0, 0.05) is 13.1 Å². The lowest BCUT2D eigenvalue weighted by Crippen LogP contribution is -2.39. The van der Waals surface area contributed by atoms with E-state index in [-0.39, 0.29) is 6.42 Å². The number of carbonyl (C=O) groups is 2. The van der Waals surface area contributed by atoms with Crippen molar-refractivity contribution in [2.75, 3.05) is 27.2 Å². The van der Waals surface area contributed by atoms with Crippen molar-refractivity contribution in [3.8, 4) is 0 Å². The zero-order chi connectivity index (χ0) is 14.3. The summed E-state index contributed by atoms with van der Waals surface area (Å²) < 4.78 is 0. The number of rotatable bonds is 7. The number of hydrogen-bond donors (Lipinski definition) is 2. The third kappa shape index (κ3) is 5.52. The molecule has 0 heterocycles. The molecule has 1 atom stereocenters. The van der Waals surface area contributed by atoms with E-state index in [0.29, 0.717) is 13.1 Å². The summed E-state index contributed by atoms with van der Waals surface area (Å²) in [4.78, 5) is 25.0. The number of hydrogen-bond acceptors (Lipinski definition) is 3. The van der Waals surface area contributed by atoms with Crippen molar-refractivity contribution in [3.63, 3.8) is 0 Å². The molecule has 0 saturated carbocycles. The molecule has 1 aromatic rings. The average Bonchev–Trinajstić information content (AvgIpc) is 2.36. The topological polar surface area (TPSA) is 69.6 Å². The van der Waals surface area contributed by atoms with Gasteiger partial charge in [-0.3, -0.25) is 9.59 Å². The summed E-state index contributed by atoms with van der Waals surface area (Å²) in [5.41, 5.74) is 0.845. The van der Waals surface area contributed by atoms with Crippen LogP contribution in [0.2, 0.25) is 0 Å². The van der Waals surface area contributed by atoms with Crippen molar-refractivity contribution < 1.29 is 14.7 Å². The third-order valence-corrected chi connectivity index (χ3v) is 2.76. The molecule has 0 aliphatic heterocycles. The number of nitrogens with zero attached hydrogens (tertiary/aromatic N) is 1. The van der Waals surface area contributed by atoms with Gasteiger partial charge in [-0.25, -0.2) is 0 Å². The van der Waals surface area contributed by atoms with Crippen LogP contribution in [0.5, 0.6) is 0 Å². The number of likely N-dealkylation sites (N-methyl/N-ethyl adjacent to an activating group) is 1. The van der Waals surface area contributed by atoms with Gasteiger partial charge < -0.3 is 15.3 Å². The van der Waals surface area contributed by atoms with Gasteiger partial charge in [0.05, 0.1) is 0 Å². The summed E-state index contributed by atoms with van der Waals surface area (Å²) in [6.45, 7) is 1.13. The first-order valence-corrected chi connectivity index (χ1v) is 6.20. The summed E-state index contributed by atoms with van der Waals surface area (Å²) in [5, 5.41) is 11.8. The molecular formula is C14H20N2O3. The highest BCUT2D eigenvalue weighted by atomic mass is 16.4. The number of aliphatic carboxylic acids is 1. The quantitative estimate of drug-likeness (QED) is 0.708. The summed E-state index contributed by atoms with van der Waals surface area (Å²) in [7, 11) is 3.79. The van der Waals surface area contributed by atoms with Crippen LogP contribution >= 0.6 is 0 Å². The van der Waals surface area contributed by atoms with E-state index in [0.717, 1.165) is 5.56 Å². The highest BCUT2D eigenvalue weighted by Crippen LogP contribution is 2.09. The molecule has 0 spiro atoms. The lowest BCUT2D eigenvalue weighted by molar-refractivity contribution is -0.146. The minimum Gasteiger partial charge on any atom is -0.481 e. The maximum absolute atomic E-state index is 11.9.